The normalized spacial score (nSPS) is 12.0. The standard InChI is InChI=1S/C13H10F6N2/c1-2-3-20-8-5-9(13(17,18)19)21-12-6(8)4-7(14)10(15)11(12)16/h4-5H,2-3H2,1H3,(H,20,21). The molecule has 0 aliphatic carbocycles. The van der Waals surface area contributed by atoms with E-state index in [0.29, 0.717) is 18.6 Å². The number of anilines is 1. The third-order valence-corrected chi connectivity index (χ3v) is 2.80. The second-order valence-electron chi connectivity index (χ2n) is 4.36. The first-order valence-electron chi connectivity index (χ1n) is 6.05. The highest BCUT2D eigenvalue weighted by Crippen LogP contribution is 2.34. The minimum Gasteiger partial charge on any atom is -0.384 e. The molecule has 2 nitrogen and oxygen atoms in total. The van der Waals surface area contributed by atoms with Gasteiger partial charge in [-0.1, -0.05) is 6.92 Å². The van der Waals surface area contributed by atoms with Crippen LogP contribution in [-0.2, 0) is 6.18 Å². The molecule has 0 fully saturated rings. The van der Waals surface area contributed by atoms with Crippen molar-refractivity contribution in [3.05, 3.63) is 35.3 Å². The fourth-order valence-corrected chi connectivity index (χ4v) is 1.82. The molecule has 21 heavy (non-hydrogen) atoms. The second kappa shape index (κ2) is 5.42. The van der Waals surface area contributed by atoms with Gasteiger partial charge in [-0.25, -0.2) is 18.2 Å². The molecule has 2 rings (SSSR count). The van der Waals surface area contributed by atoms with E-state index in [1.165, 1.54) is 0 Å². The van der Waals surface area contributed by atoms with Gasteiger partial charge in [0.2, 0.25) is 0 Å². The molecule has 2 aromatic rings. The molecule has 1 N–H and O–H groups in total. The van der Waals surface area contributed by atoms with Crippen molar-refractivity contribution in [1.82, 2.24) is 4.98 Å². The van der Waals surface area contributed by atoms with Crippen LogP contribution in [0.4, 0.5) is 32.0 Å². The van der Waals surface area contributed by atoms with Gasteiger partial charge in [-0.05, 0) is 18.6 Å². The molecule has 114 valence electrons. The van der Waals surface area contributed by atoms with Crippen LogP contribution in [0.15, 0.2) is 12.1 Å². The number of alkyl halides is 3. The van der Waals surface area contributed by atoms with Crippen LogP contribution in [0.1, 0.15) is 19.0 Å². The molecule has 0 amide bonds. The van der Waals surface area contributed by atoms with Crippen LogP contribution in [0, 0.1) is 17.5 Å². The van der Waals surface area contributed by atoms with E-state index in [9.17, 15) is 26.3 Å². The van der Waals surface area contributed by atoms with Gasteiger partial charge in [0.15, 0.2) is 17.5 Å². The fraction of sp³-hybridized carbons (Fsp3) is 0.308. The Morgan fingerprint density at radius 2 is 1.76 bits per heavy atom. The summed E-state index contributed by atoms with van der Waals surface area (Å²) in [6, 6.07) is 1.27. The first kappa shape index (κ1) is 15.4. The van der Waals surface area contributed by atoms with Gasteiger partial charge >= 0.3 is 6.18 Å². The minimum atomic E-state index is -4.83. The third kappa shape index (κ3) is 2.88. The molecule has 0 saturated carbocycles. The van der Waals surface area contributed by atoms with Crippen LogP contribution < -0.4 is 5.32 Å². The number of nitrogens with zero attached hydrogens (tertiary/aromatic N) is 1. The van der Waals surface area contributed by atoms with E-state index in [1.54, 1.807) is 6.92 Å². The first-order chi connectivity index (χ1) is 9.75. The summed E-state index contributed by atoms with van der Waals surface area (Å²) in [4.78, 5) is 3.07. The summed E-state index contributed by atoms with van der Waals surface area (Å²) >= 11 is 0. The number of rotatable bonds is 3. The number of aromatic nitrogens is 1. The molecule has 0 aliphatic heterocycles. The molecular weight excluding hydrogens is 298 g/mol. The molecule has 1 aromatic heterocycles. The van der Waals surface area contributed by atoms with Gasteiger partial charge in [0.1, 0.15) is 11.2 Å². The Bertz CT molecular complexity index is 681. The molecule has 0 saturated heterocycles. The lowest BCUT2D eigenvalue weighted by atomic mass is 10.1. The third-order valence-electron chi connectivity index (χ3n) is 2.80. The van der Waals surface area contributed by atoms with Crippen molar-refractivity contribution < 1.29 is 26.3 Å². The molecule has 0 bridgehead atoms. The predicted molar refractivity (Wildman–Crippen MR) is 65.4 cm³/mol. The molecular formula is C13H10F6N2. The Morgan fingerprint density at radius 1 is 1.10 bits per heavy atom. The van der Waals surface area contributed by atoms with E-state index < -0.39 is 34.8 Å². The molecule has 1 heterocycles. The highest BCUT2D eigenvalue weighted by Gasteiger charge is 2.34. The molecule has 0 spiro atoms. The number of hydrogen-bond donors (Lipinski definition) is 1. The largest absolute Gasteiger partial charge is 0.433 e. The van der Waals surface area contributed by atoms with Gasteiger partial charge in [0.05, 0.1) is 0 Å². The highest BCUT2D eigenvalue weighted by molar-refractivity contribution is 5.92. The van der Waals surface area contributed by atoms with Crippen molar-refractivity contribution in [1.29, 1.82) is 0 Å². The van der Waals surface area contributed by atoms with E-state index in [2.05, 4.69) is 10.3 Å². The van der Waals surface area contributed by atoms with Crippen molar-refractivity contribution >= 4 is 16.6 Å². The summed E-state index contributed by atoms with van der Waals surface area (Å²) < 4.78 is 78.3. The van der Waals surface area contributed by atoms with Crippen LogP contribution in [-0.4, -0.2) is 11.5 Å². The van der Waals surface area contributed by atoms with Gasteiger partial charge in [-0.2, -0.15) is 13.2 Å². The van der Waals surface area contributed by atoms with E-state index in [-0.39, 0.29) is 17.6 Å². The zero-order chi connectivity index (χ0) is 15.8. The lowest BCUT2D eigenvalue weighted by molar-refractivity contribution is -0.140. The van der Waals surface area contributed by atoms with Gasteiger partial charge in [0.25, 0.3) is 0 Å². The summed E-state index contributed by atoms with van der Waals surface area (Å²) in [5, 5.41) is 2.39. The van der Waals surface area contributed by atoms with Crippen molar-refractivity contribution in [2.24, 2.45) is 0 Å². The van der Waals surface area contributed by atoms with Crippen molar-refractivity contribution in [3.8, 4) is 0 Å². The van der Waals surface area contributed by atoms with Gasteiger partial charge < -0.3 is 5.32 Å². The zero-order valence-electron chi connectivity index (χ0n) is 10.8. The molecule has 0 unspecified atom stereocenters. The van der Waals surface area contributed by atoms with Crippen LogP contribution in [0.3, 0.4) is 0 Å². The Balaban J connectivity index is 2.78. The Hall–Kier alpha value is -1.99. The number of fused-ring (bicyclic) bond motifs is 1. The summed E-state index contributed by atoms with van der Waals surface area (Å²) in [7, 11) is 0. The van der Waals surface area contributed by atoms with Crippen molar-refractivity contribution in [2.45, 2.75) is 19.5 Å². The van der Waals surface area contributed by atoms with E-state index in [0.717, 1.165) is 0 Å². The average Bonchev–Trinajstić information content (AvgIpc) is 2.41. The van der Waals surface area contributed by atoms with Crippen LogP contribution >= 0.6 is 0 Å². The minimum absolute atomic E-state index is 0.146. The maximum absolute atomic E-state index is 13.7. The topological polar surface area (TPSA) is 24.9 Å². The molecule has 8 heteroatoms. The lowest BCUT2D eigenvalue weighted by Crippen LogP contribution is -2.11. The summed E-state index contributed by atoms with van der Waals surface area (Å²) in [5.41, 5.74) is -2.38. The van der Waals surface area contributed by atoms with Crippen molar-refractivity contribution in [2.75, 3.05) is 11.9 Å². The summed E-state index contributed by atoms with van der Waals surface area (Å²) in [5.74, 6) is -5.08. The van der Waals surface area contributed by atoms with Crippen LogP contribution in [0.5, 0.6) is 0 Å². The van der Waals surface area contributed by atoms with Gasteiger partial charge in [0, 0.05) is 17.6 Å². The summed E-state index contributed by atoms with van der Waals surface area (Å²) in [6.07, 6.45) is -4.24. The average molecular weight is 308 g/mol. The smallest absolute Gasteiger partial charge is 0.384 e. The predicted octanol–water partition coefficient (Wildman–Crippen LogP) is 4.49. The Labute approximate surface area is 115 Å². The van der Waals surface area contributed by atoms with E-state index >= 15 is 0 Å². The van der Waals surface area contributed by atoms with Crippen LogP contribution in [0.25, 0.3) is 10.9 Å². The molecule has 0 aliphatic rings. The zero-order valence-corrected chi connectivity index (χ0v) is 10.8. The number of pyridine rings is 1. The summed E-state index contributed by atoms with van der Waals surface area (Å²) in [6.45, 7) is 2.05. The highest BCUT2D eigenvalue weighted by atomic mass is 19.4. The number of hydrogen-bond acceptors (Lipinski definition) is 2. The monoisotopic (exact) mass is 308 g/mol. The Morgan fingerprint density at radius 3 is 2.33 bits per heavy atom. The van der Waals surface area contributed by atoms with Crippen molar-refractivity contribution in [3.63, 3.8) is 0 Å². The number of nitrogens with one attached hydrogen (secondary N) is 1. The molecule has 1 aromatic carbocycles. The van der Waals surface area contributed by atoms with Gasteiger partial charge in [-0.3, -0.25) is 0 Å². The fourth-order valence-electron chi connectivity index (χ4n) is 1.82. The number of benzene rings is 1. The number of halogens is 6. The first-order valence-corrected chi connectivity index (χ1v) is 6.05. The van der Waals surface area contributed by atoms with E-state index in [4.69, 9.17) is 0 Å². The maximum Gasteiger partial charge on any atom is 0.433 e. The quantitative estimate of drug-likeness (QED) is 0.667. The maximum atomic E-state index is 13.7. The SMILES string of the molecule is CCCNc1cc(C(F)(F)F)nc2c(F)c(F)c(F)cc12. The van der Waals surface area contributed by atoms with E-state index in [1.807, 2.05) is 0 Å². The lowest BCUT2D eigenvalue weighted by Gasteiger charge is -2.14. The molecule has 0 atom stereocenters. The van der Waals surface area contributed by atoms with Crippen LogP contribution in [0.2, 0.25) is 0 Å². The Kier molecular flexibility index (Phi) is 3.97. The molecule has 0 radical (unpaired) electrons. The second-order valence-corrected chi connectivity index (χ2v) is 4.36. The van der Waals surface area contributed by atoms with Gasteiger partial charge in [-0.15, -0.1) is 0 Å².